The normalized spacial score (nSPS) is 14.6. The molecule has 0 radical (unpaired) electrons. The van der Waals surface area contributed by atoms with Crippen molar-refractivity contribution in [1.29, 1.82) is 0 Å². The van der Waals surface area contributed by atoms with Gasteiger partial charge in [-0.1, -0.05) is 67.3 Å². The number of methoxy groups -OCH3 is 1. The number of anilines is 1. The number of rotatable bonds is 11. The van der Waals surface area contributed by atoms with Crippen molar-refractivity contribution in [3.8, 4) is 5.75 Å². The second-order valence-corrected chi connectivity index (χ2v) is 12.5. The first-order valence-corrected chi connectivity index (χ1v) is 15.6. The van der Waals surface area contributed by atoms with Crippen molar-refractivity contribution >= 4 is 27.5 Å². The molecule has 224 valence electrons. The quantitative estimate of drug-likeness (QED) is 0.329. The van der Waals surface area contributed by atoms with Gasteiger partial charge in [-0.25, -0.2) is 12.8 Å². The standard InChI is InChI=1S/C32H38FN3O5S/c1-23-17-19-27(20-18-23)42(39,40)36(29-15-9-10-16-30(29)41-3)22-31(37)35(21-25-11-7-8-14-28(25)33)24(2)32(38)34-26-12-5-4-6-13-26/h7-11,14-20,24,26H,4-6,12-13,21-22H2,1-3H3,(H,34,38)/t24-/m0/s1. The number of aryl methyl sites for hydroxylation is 1. The lowest BCUT2D eigenvalue weighted by Gasteiger charge is -2.33. The Morgan fingerprint density at radius 1 is 0.976 bits per heavy atom. The molecule has 1 aliphatic carbocycles. The number of para-hydroxylation sites is 2. The van der Waals surface area contributed by atoms with Crippen LogP contribution in [0.4, 0.5) is 10.1 Å². The fraction of sp³-hybridized carbons (Fsp3) is 0.375. The van der Waals surface area contributed by atoms with E-state index in [2.05, 4.69) is 5.32 Å². The Bertz CT molecular complexity index is 1490. The molecular weight excluding hydrogens is 557 g/mol. The van der Waals surface area contributed by atoms with Gasteiger partial charge in [0.05, 0.1) is 17.7 Å². The highest BCUT2D eigenvalue weighted by atomic mass is 32.2. The zero-order valence-electron chi connectivity index (χ0n) is 24.3. The maximum absolute atomic E-state index is 14.8. The van der Waals surface area contributed by atoms with E-state index in [0.717, 1.165) is 42.0 Å². The van der Waals surface area contributed by atoms with Gasteiger partial charge in [0.25, 0.3) is 10.0 Å². The van der Waals surface area contributed by atoms with Crippen molar-refractivity contribution in [2.75, 3.05) is 18.0 Å². The highest BCUT2D eigenvalue weighted by molar-refractivity contribution is 7.92. The number of hydrogen-bond acceptors (Lipinski definition) is 5. The van der Waals surface area contributed by atoms with Crippen LogP contribution in [0.1, 0.15) is 50.2 Å². The first-order valence-electron chi connectivity index (χ1n) is 14.2. The minimum atomic E-state index is -4.25. The van der Waals surface area contributed by atoms with Crippen LogP contribution in [-0.2, 0) is 26.2 Å². The highest BCUT2D eigenvalue weighted by Crippen LogP contribution is 2.32. The van der Waals surface area contributed by atoms with E-state index in [1.54, 1.807) is 61.5 Å². The lowest BCUT2D eigenvalue weighted by molar-refractivity contribution is -0.139. The summed E-state index contributed by atoms with van der Waals surface area (Å²) in [5.41, 5.74) is 1.26. The second-order valence-electron chi connectivity index (χ2n) is 10.6. The van der Waals surface area contributed by atoms with Crippen LogP contribution in [0, 0.1) is 12.7 Å². The summed E-state index contributed by atoms with van der Waals surface area (Å²) in [7, 11) is -2.83. The van der Waals surface area contributed by atoms with E-state index in [1.807, 2.05) is 6.92 Å². The van der Waals surface area contributed by atoms with Crippen LogP contribution in [0.25, 0.3) is 0 Å². The van der Waals surface area contributed by atoms with Gasteiger partial charge in [-0.3, -0.25) is 13.9 Å². The van der Waals surface area contributed by atoms with E-state index < -0.39 is 34.3 Å². The van der Waals surface area contributed by atoms with Crippen LogP contribution in [0.2, 0.25) is 0 Å². The van der Waals surface area contributed by atoms with E-state index in [-0.39, 0.29) is 40.4 Å². The topological polar surface area (TPSA) is 96.0 Å². The first-order chi connectivity index (χ1) is 20.1. The molecule has 8 nitrogen and oxygen atoms in total. The molecule has 3 aromatic carbocycles. The molecule has 0 aliphatic heterocycles. The molecule has 1 aliphatic rings. The van der Waals surface area contributed by atoms with Crippen LogP contribution in [-0.4, -0.2) is 50.9 Å². The Labute approximate surface area is 247 Å². The van der Waals surface area contributed by atoms with Gasteiger partial charge in [0.2, 0.25) is 11.8 Å². The molecule has 0 aromatic heterocycles. The lowest BCUT2D eigenvalue weighted by atomic mass is 9.95. The van der Waals surface area contributed by atoms with Crippen LogP contribution in [0.15, 0.2) is 77.7 Å². The average Bonchev–Trinajstić information content (AvgIpc) is 2.99. The van der Waals surface area contributed by atoms with Gasteiger partial charge >= 0.3 is 0 Å². The Kier molecular flexibility index (Phi) is 10.2. The van der Waals surface area contributed by atoms with E-state index in [9.17, 15) is 22.4 Å². The minimum Gasteiger partial charge on any atom is -0.495 e. The van der Waals surface area contributed by atoms with Gasteiger partial charge in [-0.2, -0.15) is 0 Å². The molecular formula is C32H38FN3O5S. The number of carbonyl (C=O) groups excluding carboxylic acids is 2. The molecule has 1 fully saturated rings. The van der Waals surface area contributed by atoms with Crippen LogP contribution >= 0.6 is 0 Å². The number of carbonyl (C=O) groups is 2. The van der Waals surface area contributed by atoms with Gasteiger partial charge in [-0.05, 0) is 57.0 Å². The molecule has 1 saturated carbocycles. The molecule has 2 amide bonds. The molecule has 42 heavy (non-hydrogen) atoms. The number of ether oxygens (including phenoxy) is 1. The maximum atomic E-state index is 14.8. The lowest BCUT2D eigenvalue weighted by Crippen LogP contribution is -2.53. The van der Waals surface area contributed by atoms with E-state index >= 15 is 0 Å². The molecule has 1 N–H and O–H groups in total. The number of amides is 2. The number of nitrogens with zero attached hydrogens (tertiary/aromatic N) is 2. The third kappa shape index (κ3) is 7.28. The monoisotopic (exact) mass is 595 g/mol. The summed E-state index contributed by atoms with van der Waals surface area (Å²) < 4.78 is 49.2. The highest BCUT2D eigenvalue weighted by Gasteiger charge is 2.34. The van der Waals surface area contributed by atoms with Crippen molar-refractivity contribution in [1.82, 2.24) is 10.2 Å². The van der Waals surface area contributed by atoms with Gasteiger partial charge in [-0.15, -0.1) is 0 Å². The summed E-state index contributed by atoms with van der Waals surface area (Å²) >= 11 is 0. The van der Waals surface area contributed by atoms with Crippen LogP contribution in [0.3, 0.4) is 0 Å². The van der Waals surface area contributed by atoms with Crippen molar-refractivity contribution in [2.45, 2.75) is 69.5 Å². The predicted molar refractivity (Wildman–Crippen MR) is 160 cm³/mol. The minimum absolute atomic E-state index is 0.00412. The summed E-state index contributed by atoms with van der Waals surface area (Å²) in [5.74, 6) is -1.29. The summed E-state index contributed by atoms with van der Waals surface area (Å²) in [4.78, 5) is 28.7. The molecule has 0 bridgehead atoms. The summed E-state index contributed by atoms with van der Waals surface area (Å²) in [6.45, 7) is 2.58. The second kappa shape index (κ2) is 13.8. The number of hydrogen-bond donors (Lipinski definition) is 1. The zero-order valence-corrected chi connectivity index (χ0v) is 25.1. The summed E-state index contributed by atoms with van der Waals surface area (Å²) in [6, 6.07) is 17.9. The fourth-order valence-corrected chi connectivity index (χ4v) is 6.57. The predicted octanol–water partition coefficient (Wildman–Crippen LogP) is 5.20. The van der Waals surface area contributed by atoms with Gasteiger partial charge in [0.1, 0.15) is 24.2 Å². The largest absolute Gasteiger partial charge is 0.495 e. The molecule has 0 heterocycles. The molecule has 3 aromatic rings. The van der Waals surface area contributed by atoms with E-state index in [4.69, 9.17) is 4.74 Å². The van der Waals surface area contributed by atoms with Gasteiger partial charge in [0, 0.05) is 18.2 Å². The van der Waals surface area contributed by atoms with Crippen molar-refractivity contribution in [3.63, 3.8) is 0 Å². The Hall–Kier alpha value is -3.92. The molecule has 4 rings (SSSR count). The van der Waals surface area contributed by atoms with Crippen LogP contribution in [0.5, 0.6) is 5.75 Å². The van der Waals surface area contributed by atoms with Crippen molar-refractivity contribution in [2.24, 2.45) is 0 Å². The number of benzene rings is 3. The van der Waals surface area contributed by atoms with E-state index in [1.165, 1.54) is 30.2 Å². The van der Waals surface area contributed by atoms with Crippen molar-refractivity contribution < 1.29 is 27.1 Å². The zero-order chi connectivity index (χ0) is 30.3. The SMILES string of the molecule is COc1ccccc1N(CC(=O)N(Cc1ccccc1F)[C@@H](C)C(=O)NC1CCCCC1)S(=O)(=O)c1ccc(C)cc1. The third-order valence-electron chi connectivity index (χ3n) is 7.66. The third-order valence-corrected chi connectivity index (χ3v) is 9.43. The Morgan fingerprint density at radius 3 is 2.29 bits per heavy atom. The molecule has 10 heteroatoms. The molecule has 0 unspecified atom stereocenters. The average molecular weight is 596 g/mol. The summed E-state index contributed by atoms with van der Waals surface area (Å²) in [5, 5.41) is 3.04. The maximum Gasteiger partial charge on any atom is 0.264 e. The molecule has 0 spiro atoms. The smallest absolute Gasteiger partial charge is 0.264 e. The van der Waals surface area contributed by atoms with Crippen molar-refractivity contribution in [3.05, 3.63) is 89.7 Å². The number of halogens is 1. The van der Waals surface area contributed by atoms with Crippen LogP contribution < -0.4 is 14.4 Å². The first kappa shape index (κ1) is 31.0. The summed E-state index contributed by atoms with van der Waals surface area (Å²) in [6.07, 6.45) is 4.87. The Morgan fingerprint density at radius 2 is 1.62 bits per heavy atom. The number of nitrogens with one attached hydrogen (secondary N) is 1. The molecule has 0 saturated heterocycles. The number of sulfonamides is 1. The fourth-order valence-electron chi connectivity index (χ4n) is 5.15. The Balaban J connectivity index is 1.71. The molecule has 1 atom stereocenters. The van der Waals surface area contributed by atoms with Gasteiger partial charge in [0.15, 0.2) is 0 Å². The van der Waals surface area contributed by atoms with E-state index in [0.29, 0.717) is 0 Å². The van der Waals surface area contributed by atoms with Gasteiger partial charge < -0.3 is 15.0 Å².